The molecule has 0 bridgehead atoms. The maximum atomic E-state index is 12.3. The number of halogens is 2. The summed E-state index contributed by atoms with van der Waals surface area (Å²) < 4.78 is 0.641. The van der Waals surface area contributed by atoms with Crippen molar-refractivity contribution in [3.05, 3.63) is 33.3 Å². The highest BCUT2D eigenvalue weighted by atomic mass is 79.9. The van der Waals surface area contributed by atoms with Crippen LogP contribution in [0.3, 0.4) is 0 Å². The Bertz CT molecular complexity index is 493. The molecule has 0 saturated carbocycles. The van der Waals surface area contributed by atoms with Gasteiger partial charge < -0.3 is 10.0 Å². The Morgan fingerprint density at radius 3 is 2.58 bits per heavy atom. The van der Waals surface area contributed by atoms with Crippen molar-refractivity contribution in [1.29, 1.82) is 0 Å². The summed E-state index contributed by atoms with van der Waals surface area (Å²) in [5.41, 5.74) is 0.482. The van der Waals surface area contributed by atoms with Crippen molar-refractivity contribution in [3.63, 3.8) is 0 Å². The van der Waals surface area contributed by atoms with E-state index in [2.05, 4.69) is 15.9 Å². The third-order valence-electron chi connectivity index (χ3n) is 2.77. The van der Waals surface area contributed by atoms with Gasteiger partial charge in [-0.1, -0.05) is 11.6 Å². The molecule has 0 aliphatic heterocycles. The quantitative estimate of drug-likeness (QED) is 0.887. The van der Waals surface area contributed by atoms with Crippen LogP contribution in [0.4, 0.5) is 0 Å². The normalized spacial score (nSPS) is 12.0. The summed E-state index contributed by atoms with van der Waals surface area (Å²) in [6.07, 6.45) is -0.0751. The minimum atomic E-state index is -0.920. The molecule has 1 amide bonds. The van der Waals surface area contributed by atoms with Gasteiger partial charge in [0.15, 0.2) is 0 Å². The van der Waals surface area contributed by atoms with E-state index in [0.717, 1.165) is 0 Å². The van der Waals surface area contributed by atoms with Crippen molar-refractivity contribution in [3.8, 4) is 0 Å². The summed E-state index contributed by atoms with van der Waals surface area (Å²) in [5.74, 6) is -1.12. The smallest absolute Gasteiger partial charge is 0.305 e. The van der Waals surface area contributed by atoms with Crippen LogP contribution in [0.25, 0.3) is 0 Å². The number of carbonyl (C=O) groups is 2. The summed E-state index contributed by atoms with van der Waals surface area (Å²) in [6.45, 7) is 4.00. The van der Waals surface area contributed by atoms with Gasteiger partial charge >= 0.3 is 5.97 Å². The van der Waals surface area contributed by atoms with Crippen molar-refractivity contribution < 1.29 is 14.7 Å². The third kappa shape index (κ3) is 4.21. The van der Waals surface area contributed by atoms with Gasteiger partial charge in [0.25, 0.3) is 5.91 Å². The van der Waals surface area contributed by atoms with Gasteiger partial charge in [-0.15, -0.1) is 0 Å². The second kappa shape index (κ2) is 6.91. The van der Waals surface area contributed by atoms with Crippen LogP contribution >= 0.6 is 27.5 Å². The lowest BCUT2D eigenvalue weighted by Crippen LogP contribution is -2.39. The van der Waals surface area contributed by atoms with Gasteiger partial charge in [0.2, 0.25) is 0 Å². The van der Waals surface area contributed by atoms with E-state index in [9.17, 15) is 9.59 Å². The van der Waals surface area contributed by atoms with Crippen molar-refractivity contribution in [2.45, 2.75) is 26.3 Å². The van der Waals surface area contributed by atoms with Crippen LogP contribution in [0.15, 0.2) is 22.7 Å². The van der Waals surface area contributed by atoms with E-state index in [4.69, 9.17) is 16.7 Å². The van der Waals surface area contributed by atoms with Crippen LogP contribution in [0, 0.1) is 0 Å². The Hall–Kier alpha value is -1.07. The summed E-state index contributed by atoms with van der Waals surface area (Å²) in [4.78, 5) is 24.6. The topological polar surface area (TPSA) is 57.6 Å². The number of hydrogen-bond donors (Lipinski definition) is 1. The lowest BCUT2D eigenvalue weighted by molar-refractivity contribution is -0.138. The predicted molar refractivity (Wildman–Crippen MR) is 77.6 cm³/mol. The highest BCUT2D eigenvalue weighted by Crippen LogP contribution is 2.24. The fourth-order valence-corrected chi connectivity index (χ4v) is 2.31. The number of carboxylic acids is 1. The number of benzene rings is 1. The van der Waals surface area contributed by atoms with Crippen LogP contribution in [0.1, 0.15) is 30.6 Å². The molecule has 4 nitrogen and oxygen atoms in total. The summed E-state index contributed by atoms with van der Waals surface area (Å²) in [6, 6.07) is 4.55. The molecule has 0 heterocycles. The van der Waals surface area contributed by atoms with Crippen molar-refractivity contribution in [2.75, 3.05) is 6.54 Å². The average Bonchev–Trinajstić information content (AvgIpc) is 2.32. The van der Waals surface area contributed by atoms with Gasteiger partial charge in [-0.2, -0.15) is 0 Å². The molecule has 0 fully saturated rings. The fourth-order valence-electron chi connectivity index (χ4n) is 1.81. The molecule has 19 heavy (non-hydrogen) atoms. The monoisotopic (exact) mass is 347 g/mol. The van der Waals surface area contributed by atoms with Crippen LogP contribution < -0.4 is 0 Å². The molecule has 1 aromatic rings. The molecule has 0 aliphatic carbocycles. The Morgan fingerprint density at radius 1 is 1.47 bits per heavy atom. The Kier molecular flexibility index (Phi) is 5.82. The summed E-state index contributed by atoms with van der Waals surface area (Å²) in [7, 11) is 0. The highest BCUT2D eigenvalue weighted by Gasteiger charge is 2.22. The maximum absolute atomic E-state index is 12.3. The summed E-state index contributed by atoms with van der Waals surface area (Å²) in [5, 5.41) is 9.32. The van der Waals surface area contributed by atoms with Gasteiger partial charge in [0.05, 0.1) is 11.4 Å². The first-order valence-electron chi connectivity index (χ1n) is 5.84. The van der Waals surface area contributed by atoms with Crippen molar-refractivity contribution >= 4 is 39.4 Å². The molecule has 6 heteroatoms. The van der Waals surface area contributed by atoms with Crippen LogP contribution in [0.5, 0.6) is 0 Å². The minimum absolute atomic E-state index is 0.0751. The molecule has 1 N–H and O–H groups in total. The molecule has 1 rings (SSSR count). The molecule has 0 aliphatic rings. The second-order valence-corrected chi connectivity index (χ2v) is 5.43. The number of hydrogen-bond acceptors (Lipinski definition) is 2. The van der Waals surface area contributed by atoms with E-state index in [-0.39, 0.29) is 18.4 Å². The molecule has 1 unspecified atom stereocenters. The van der Waals surface area contributed by atoms with Gasteiger partial charge in [0, 0.05) is 22.6 Å². The third-order valence-corrected chi connectivity index (χ3v) is 3.98. The SMILES string of the molecule is CCN(C(=O)c1ccc(Cl)c(Br)c1)C(C)CC(=O)O. The molecule has 0 spiro atoms. The number of rotatable bonds is 5. The van der Waals surface area contributed by atoms with Gasteiger partial charge in [0.1, 0.15) is 0 Å². The summed E-state index contributed by atoms with van der Waals surface area (Å²) >= 11 is 9.15. The largest absolute Gasteiger partial charge is 0.481 e. The zero-order valence-electron chi connectivity index (χ0n) is 10.7. The lowest BCUT2D eigenvalue weighted by atomic mass is 10.1. The molecular weight excluding hydrogens is 334 g/mol. The number of nitrogens with zero attached hydrogens (tertiary/aromatic N) is 1. The van der Waals surface area contributed by atoms with Crippen molar-refractivity contribution in [2.24, 2.45) is 0 Å². The molecule has 104 valence electrons. The molecule has 0 radical (unpaired) electrons. The first-order valence-corrected chi connectivity index (χ1v) is 7.01. The standard InChI is InChI=1S/C13H15BrClNO3/c1-3-16(8(2)6-12(17)18)13(19)9-4-5-11(15)10(14)7-9/h4-5,7-8H,3,6H2,1-2H3,(H,17,18). The fraction of sp³-hybridized carbons (Fsp3) is 0.385. The predicted octanol–water partition coefficient (Wildman–Crippen LogP) is 3.43. The van der Waals surface area contributed by atoms with Gasteiger partial charge in [-0.25, -0.2) is 0 Å². The first kappa shape index (κ1) is 16.0. The first-order chi connectivity index (χ1) is 8.86. The van der Waals surface area contributed by atoms with E-state index in [0.29, 0.717) is 21.6 Å². The van der Waals surface area contributed by atoms with E-state index < -0.39 is 5.97 Å². The molecular formula is C13H15BrClNO3. The second-order valence-electron chi connectivity index (χ2n) is 4.17. The maximum Gasteiger partial charge on any atom is 0.305 e. The molecule has 1 aromatic carbocycles. The zero-order chi connectivity index (χ0) is 14.6. The van der Waals surface area contributed by atoms with E-state index in [1.807, 2.05) is 6.92 Å². The van der Waals surface area contributed by atoms with E-state index >= 15 is 0 Å². The molecule has 0 aromatic heterocycles. The van der Waals surface area contributed by atoms with Gasteiger partial charge in [-0.05, 0) is 48.0 Å². The van der Waals surface area contributed by atoms with Gasteiger partial charge in [-0.3, -0.25) is 9.59 Å². The minimum Gasteiger partial charge on any atom is -0.481 e. The Morgan fingerprint density at radius 2 is 2.11 bits per heavy atom. The van der Waals surface area contributed by atoms with Crippen LogP contribution in [-0.2, 0) is 4.79 Å². The molecule has 1 atom stereocenters. The average molecular weight is 349 g/mol. The Labute approximate surface area is 125 Å². The van der Waals surface area contributed by atoms with Crippen molar-refractivity contribution in [1.82, 2.24) is 4.90 Å². The van der Waals surface area contributed by atoms with E-state index in [1.54, 1.807) is 25.1 Å². The van der Waals surface area contributed by atoms with Crippen LogP contribution in [0.2, 0.25) is 5.02 Å². The number of amides is 1. The lowest BCUT2D eigenvalue weighted by Gasteiger charge is -2.27. The zero-order valence-corrected chi connectivity index (χ0v) is 13.0. The number of aliphatic carboxylic acids is 1. The Balaban J connectivity index is 2.94. The number of carboxylic acid groups (broad SMARTS) is 1. The number of carbonyl (C=O) groups excluding carboxylic acids is 1. The highest BCUT2D eigenvalue weighted by molar-refractivity contribution is 9.10. The van der Waals surface area contributed by atoms with E-state index in [1.165, 1.54) is 4.90 Å². The van der Waals surface area contributed by atoms with Crippen LogP contribution in [-0.4, -0.2) is 34.5 Å². The molecule has 0 saturated heterocycles.